The standard InChI is InChI=1S/C27H32N4O5/c1-29-21-14-18(36-3)7-8-19(21)24-25(29)22(15-32)31(26(34)20-6-4-5-11-28-20)17-27(24)9-12-30(13-10-27)23(33)16-35-2/h4-8,11,14,22,32H,9-10,12-13,15-17H2,1-3H3/t22-/m1/s1. The van der Waals surface area contributed by atoms with Gasteiger partial charge in [-0.2, -0.15) is 0 Å². The summed E-state index contributed by atoms with van der Waals surface area (Å²) in [7, 11) is 5.14. The Hall–Kier alpha value is -3.43. The van der Waals surface area contributed by atoms with Crippen LogP contribution in [0.1, 0.15) is 40.6 Å². The molecule has 1 spiro atoms. The Morgan fingerprint density at radius 3 is 2.58 bits per heavy atom. The Morgan fingerprint density at radius 2 is 1.94 bits per heavy atom. The van der Waals surface area contributed by atoms with Gasteiger partial charge in [-0.3, -0.25) is 14.6 Å². The summed E-state index contributed by atoms with van der Waals surface area (Å²) in [6, 6.07) is 10.8. The number of aromatic nitrogens is 2. The summed E-state index contributed by atoms with van der Waals surface area (Å²) in [5.41, 5.74) is 3.05. The van der Waals surface area contributed by atoms with Crippen molar-refractivity contribution in [1.29, 1.82) is 0 Å². The number of hydrogen-bond acceptors (Lipinski definition) is 6. The second-order valence-electron chi connectivity index (χ2n) is 9.64. The van der Waals surface area contributed by atoms with Crippen molar-refractivity contribution < 1.29 is 24.2 Å². The summed E-state index contributed by atoms with van der Waals surface area (Å²) >= 11 is 0. The van der Waals surface area contributed by atoms with E-state index in [1.165, 1.54) is 7.11 Å². The number of aliphatic hydroxyl groups is 1. The van der Waals surface area contributed by atoms with Gasteiger partial charge in [0.2, 0.25) is 5.91 Å². The summed E-state index contributed by atoms with van der Waals surface area (Å²) in [4.78, 5) is 34.2. The molecule has 5 rings (SSSR count). The number of rotatable bonds is 5. The predicted molar refractivity (Wildman–Crippen MR) is 134 cm³/mol. The highest BCUT2D eigenvalue weighted by molar-refractivity contribution is 5.94. The van der Waals surface area contributed by atoms with Crippen molar-refractivity contribution in [3.63, 3.8) is 0 Å². The van der Waals surface area contributed by atoms with Crippen LogP contribution in [0.2, 0.25) is 0 Å². The second kappa shape index (κ2) is 9.55. The van der Waals surface area contributed by atoms with E-state index in [2.05, 4.69) is 15.6 Å². The molecule has 0 bridgehead atoms. The summed E-state index contributed by atoms with van der Waals surface area (Å²) in [5.74, 6) is 0.512. The summed E-state index contributed by atoms with van der Waals surface area (Å²) in [6.07, 6.45) is 3.00. The molecule has 2 aliphatic rings. The molecule has 0 saturated carbocycles. The summed E-state index contributed by atoms with van der Waals surface area (Å²) in [5, 5.41) is 11.7. The van der Waals surface area contributed by atoms with E-state index in [0.29, 0.717) is 38.2 Å². The molecule has 0 aliphatic carbocycles. The van der Waals surface area contributed by atoms with Crippen LogP contribution in [0.25, 0.3) is 10.9 Å². The van der Waals surface area contributed by atoms with Crippen LogP contribution in [-0.2, 0) is 22.0 Å². The maximum Gasteiger partial charge on any atom is 0.273 e. The van der Waals surface area contributed by atoms with Crippen LogP contribution in [-0.4, -0.2) is 83.3 Å². The van der Waals surface area contributed by atoms with Gasteiger partial charge in [0.05, 0.1) is 25.3 Å². The van der Waals surface area contributed by atoms with E-state index >= 15 is 0 Å². The van der Waals surface area contributed by atoms with Gasteiger partial charge in [-0.1, -0.05) is 6.07 Å². The molecule has 0 radical (unpaired) electrons. The monoisotopic (exact) mass is 492 g/mol. The highest BCUT2D eigenvalue weighted by atomic mass is 16.5. The lowest BCUT2D eigenvalue weighted by molar-refractivity contribution is -0.137. The van der Waals surface area contributed by atoms with Gasteiger partial charge < -0.3 is 28.9 Å². The predicted octanol–water partition coefficient (Wildman–Crippen LogP) is 2.28. The maximum absolute atomic E-state index is 13.7. The van der Waals surface area contributed by atoms with Crippen molar-refractivity contribution in [2.24, 2.45) is 7.05 Å². The van der Waals surface area contributed by atoms with Crippen molar-refractivity contribution in [3.8, 4) is 5.75 Å². The molecule has 36 heavy (non-hydrogen) atoms. The number of piperidine rings is 1. The first-order valence-electron chi connectivity index (χ1n) is 12.2. The average Bonchev–Trinajstić information content (AvgIpc) is 3.21. The number of carbonyl (C=O) groups excluding carboxylic acids is 2. The van der Waals surface area contributed by atoms with Crippen molar-refractivity contribution in [2.45, 2.75) is 24.3 Å². The largest absolute Gasteiger partial charge is 0.497 e. The van der Waals surface area contributed by atoms with Crippen LogP contribution in [0.4, 0.5) is 0 Å². The van der Waals surface area contributed by atoms with Gasteiger partial charge in [0.25, 0.3) is 5.91 Å². The number of nitrogens with zero attached hydrogens (tertiary/aromatic N) is 4. The van der Waals surface area contributed by atoms with Gasteiger partial charge in [0, 0.05) is 62.6 Å². The van der Waals surface area contributed by atoms with E-state index in [-0.39, 0.29) is 30.4 Å². The minimum Gasteiger partial charge on any atom is -0.497 e. The van der Waals surface area contributed by atoms with E-state index in [0.717, 1.165) is 27.9 Å². The molecular formula is C27H32N4O5. The van der Waals surface area contributed by atoms with Gasteiger partial charge in [-0.25, -0.2) is 0 Å². The minimum absolute atomic E-state index is 0.0271. The number of methoxy groups -OCH3 is 2. The van der Waals surface area contributed by atoms with E-state index in [9.17, 15) is 14.7 Å². The molecule has 190 valence electrons. The Morgan fingerprint density at radius 1 is 1.17 bits per heavy atom. The molecule has 3 aromatic rings. The number of hydrogen-bond donors (Lipinski definition) is 1. The molecular weight excluding hydrogens is 460 g/mol. The number of carbonyl (C=O) groups is 2. The molecule has 9 nitrogen and oxygen atoms in total. The fraction of sp³-hybridized carbons (Fsp3) is 0.444. The normalized spacial score (nSPS) is 18.9. The Bertz CT molecular complexity index is 1280. The minimum atomic E-state index is -0.517. The molecule has 1 N–H and O–H groups in total. The van der Waals surface area contributed by atoms with Gasteiger partial charge in [-0.15, -0.1) is 0 Å². The highest BCUT2D eigenvalue weighted by Gasteiger charge is 2.50. The van der Waals surface area contributed by atoms with Crippen molar-refractivity contribution in [3.05, 3.63) is 59.5 Å². The van der Waals surface area contributed by atoms with Crippen molar-refractivity contribution >= 4 is 22.7 Å². The Balaban J connectivity index is 1.65. The fourth-order valence-corrected chi connectivity index (χ4v) is 6.02. The van der Waals surface area contributed by atoms with Gasteiger partial charge in [-0.05, 0) is 42.7 Å². The zero-order chi connectivity index (χ0) is 25.4. The molecule has 0 unspecified atom stereocenters. The molecule has 1 aromatic carbocycles. The quantitative estimate of drug-likeness (QED) is 0.587. The average molecular weight is 493 g/mol. The van der Waals surface area contributed by atoms with E-state index in [1.807, 2.05) is 24.1 Å². The molecule has 1 fully saturated rings. The van der Waals surface area contributed by atoms with Crippen LogP contribution in [0.15, 0.2) is 42.6 Å². The van der Waals surface area contributed by atoms with Crippen LogP contribution < -0.4 is 4.74 Å². The molecule has 4 heterocycles. The molecule has 1 saturated heterocycles. The highest BCUT2D eigenvalue weighted by Crippen LogP contribution is 2.50. The number of likely N-dealkylation sites (tertiary alicyclic amines) is 1. The first-order valence-corrected chi connectivity index (χ1v) is 12.2. The molecule has 2 aromatic heterocycles. The Labute approximate surface area is 210 Å². The second-order valence-corrected chi connectivity index (χ2v) is 9.64. The van der Waals surface area contributed by atoms with E-state index < -0.39 is 6.04 Å². The van der Waals surface area contributed by atoms with Gasteiger partial charge >= 0.3 is 0 Å². The first-order chi connectivity index (χ1) is 17.4. The third-order valence-corrected chi connectivity index (χ3v) is 7.81. The van der Waals surface area contributed by atoms with Crippen molar-refractivity contribution in [2.75, 3.05) is 47.1 Å². The third kappa shape index (κ3) is 3.83. The van der Waals surface area contributed by atoms with Gasteiger partial charge in [0.1, 0.15) is 18.1 Å². The number of fused-ring (bicyclic) bond motifs is 4. The lowest BCUT2D eigenvalue weighted by atomic mass is 9.68. The van der Waals surface area contributed by atoms with E-state index in [4.69, 9.17) is 9.47 Å². The van der Waals surface area contributed by atoms with Gasteiger partial charge in [0.15, 0.2) is 0 Å². The number of aryl methyl sites for hydroxylation is 1. The number of ether oxygens (including phenoxy) is 2. The smallest absolute Gasteiger partial charge is 0.273 e. The number of pyridine rings is 1. The van der Waals surface area contributed by atoms with Crippen LogP contribution in [0.3, 0.4) is 0 Å². The van der Waals surface area contributed by atoms with Crippen LogP contribution in [0.5, 0.6) is 5.75 Å². The van der Waals surface area contributed by atoms with Crippen LogP contribution in [0, 0.1) is 0 Å². The summed E-state index contributed by atoms with van der Waals surface area (Å²) in [6.45, 7) is 1.44. The molecule has 2 aliphatic heterocycles. The molecule has 2 amide bonds. The number of benzene rings is 1. The van der Waals surface area contributed by atoms with E-state index in [1.54, 1.807) is 36.4 Å². The Kier molecular flexibility index (Phi) is 6.44. The topological polar surface area (TPSA) is 97.1 Å². The lowest BCUT2D eigenvalue weighted by Gasteiger charge is -2.50. The third-order valence-electron chi connectivity index (χ3n) is 7.81. The first kappa shape index (κ1) is 24.3. The van der Waals surface area contributed by atoms with Crippen LogP contribution >= 0.6 is 0 Å². The number of amides is 2. The zero-order valence-electron chi connectivity index (χ0n) is 20.9. The fourth-order valence-electron chi connectivity index (χ4n) is 6.02. The zero-order valence-corrected chi connectivity index (χ0v) is 20.9. The number of aliphatic hydroxyl groups excluding tert-OH is 1. The lowest BCUT2D eigenvalue weighted by Crippen LogP contribution is -2.56. The summed E-state index contributed by atoms with van der Waals surface area (Å²) < 4.78 is 12.6. The maximum atomic E-state index is 13.7. The SMILES string of the molecule is COCC(=O)N1CCC2(CC1)CN(C(=O)c1ccccn1)[C@H](CO)c1c2c2ccc(OC)cc2n1C. The van der Waals surface area contributed by atoms with Crippen molar-refractivity contribution in [1.82, 2.24) is 19.4 Å². The molecule has 1 atom stereocenters. The molecule has 9 heteroatoms.